The van der Waals surface area contributed by atoms with Gasteiger partial charge in [-0.3, -0.25) is 14.9 Å². The lowest BCUT2D eigenvalue weighted by Crippen LogP contribution is -2.44. The number of carbonyl (C=O) groups excluding carboxylic acids is 2. The Balaban J connectivity index is 1.63. The van der Waals surface area contributed by atoms with Crippen molar-refractivity contribution in [2.24, 2.45) is 0 Å². The van der Waals surface area contributed by atoms with Crippen LogP contribution < -0.4 is 5.32 Å². The Morgan fingerprint density at radius 2 is 2.38 bits per heavy atom. The highest BCUT2D eigenvalue weighted by molar-refractivity contribution is 7.16. The van der Waals surface area contributed by atoms with Crippen LogP contribution in [0.5, 0.6) is 0 Å². The molecular formula is C16H18N4O3S. The Morgan fingerprint density at radius 3 is 3.04 bits per heavy atom. The van der Waals surface area contributed by atoms with Gasteiger partial charge in [0.15, 0.2) is 0 Å². The van der Waals surface area contributed by atoms with Crippen molar-refractivity contribution in [2.75, 3.05) is 11.9 Å². The van der Waals surface area contributed by atoms with Gasteiger partial charge in [-0.05, 0) is 37.1 Å². The zero-order chi connectivity index (χ0) is 16.9. The molecule has 1 fully saturated rings. The van der Waals surface area contributed by atoms with Crippen molar-refractivity contribution in [3.8, 4) is 0 Å². The van der Waals surface area contributed by atoms with E-state index in [1.807, 2.05) is 13.0 Å². The molecule has 0 aliphatic carbocycles. The van der Waals surface area contributed by atoms with Gasteiger partial charge in [-0.15, -0.1) is 10.2 Å². The molecule has 0 radical (unpaired) electrons. The van der Waals surface area contributed by atoms with Crippen LogP contribution in [0.25, 0.3) is 12.2 Å². The molecule has 7 nitrogen and oxygen atoms in total. The number of nitrogens with zero attached hydrogens (tertiary/aromatic N) is 3. The molecular weight excluding hydrogens is 328 g/mol. The summed E-state index contributed by atoms with van der Waals surface area (Å²) in [6.07, 6.45) is 7.04. The van der Waals surface area contributed by atoms with Crippen LogP contribution in [0.2, 0.25) is 0 Å². The van der Waals surface area contributed by atoms with E-state index in [2.05, 4.69) is 15.5 Å². The Labute approximate surface area is 143 Å². The van der Waals surface area contributed by atoms with Crippen molar-refractivity contribution in [1.82, 2.24) is 15.1 Å². The monoisotopic (exact) mass is 346 g/mol. The van der Waals surface area contributed by atoms with Crippen LogP contribution in [-0.2, 0) is 9.59 Å². The fourth-order valence-corrected chi connectivity index (χ4v) is 3.28. The maximum absolute atomic E-state index is 12.4. The van der Waals surface area contributed by atoms with Crippen molar-refractivity contribution in [3.05, 3.63) is 29.2 Å². The highest BCUT2D eigenvalue weighted by atomic mass is 32.1. The SMILES string of the molecule is CCC(C(=O)Nc1nnc(/C=C/c2ccco2)s1)N1CCCC1=O. The van der Waals surface area contributed by atoms with Crippen molar-refractivity contribution >= 4 is 40.4 Å². The lowest BCUT2D eigenvalue weighted by Gasteiger charge is -2.25. The van der Waals surface area contributed by atoms with Gasteiger partial charge < -0.3 is 9.32 Å². The molecule has 8 heteroatoms. The molecule has 0 aromatic carbocycles. The van der Waals surface area contributed by atoms with E-state index in [0.717, 1.165) is 12.2 Å². The van der Waals surface area contributed by atoms with Gasteiger partial charge in [0.2, 0.25) is 16.9 Å². The molecule has 126 valence electrons. The molecule has 1 aliphatic heterocycles. The average Bonchev–Trinajstić information content (AvgIpc) is 3.29. The van der Waals surface area contributed by atoms with Crippen LogP contribution in [0.3, 0.4) is 0 Å². The summed E-state index contributed by atoms with van der Waals surface area (Å²) in [7, 11) is 0. The summed E-state index contributed by atoms with van der Waals surface area (Å²) in [4.78, 5) is 25.9. The topological polar surface area (TPSA) is 88.3 Å². The largest absolute Gasteiger partial charge is 0.465 e. The number of amides is 2. The number of nitrogens with one attached hydrogen (secondary N) is 1. The summed E-state index contributed by atoms with van der Waals surface area (Å²) in [6.45, 7) is 2.53. The van der Waals surface area contributed by atoms with Crippen LogP contribution in [-0.4, -0.2) is 39.5 Å². The summed E-state index contributed by atoms with van der Waals surface area (Å²) in [6, 6.07) is 3.18. The number of likely N-dealkylation sites (tertiary alicyclic amines) is 1. The molecule has 1 aliphatic rings. The predicted molar refractivity (Wildman–Crippen MR) is 91.2 cm³/mol. The van der Waals surface area contributed by atoms with Gasteiger partial charge >= 0.3 is 0 Å². The standard InChI is InChI=1S/C16H18N4O3S/c1-2-12(20-9-3-6-14(20)21)15(22)17-16-19-18-13(24-16)8-7-11-5-4-10-23-11/h4-5,7-8,10,12H,2-3,6,9H2,1H3,(H,17,19,22)/b8-7+. The van der Waals surface area contributed by atoms with Gasteiger partial charge in [0.1, 0.15) is 16.8 Å². The van der Waals surface area contributed by atoms with Crippen LogP contribution >= 0.6 is 11.3 Å². The molecule has 24 heavy (non-hydrogen) atoms. The first-order valence-corrected chi connectivity index (χ1v) is 8.64. The number of anilines is 1. The first-order chi connectivity index (χ1) is 11.7. The van der Waals surface area contributed by atoms with Crippen LogP contribution in [0.4, 0.5) is 5.13 Å². The number of rotatable bonds is 6. The quantitative estimate of drug-likeness (QED) is 0.868. The van der Waals surface area contributed by atoms with E-state index in [1.165, 1.54) is 11.3 Å². The number of carbonyl (C=O) groups is 2. The number of hydrogen-bond acceptors (Lipinski definition) is 6. The zero-order valence-corrected chi connectivity index (χ0v) is 14.1. The van der Waals surface area contributed by atoms with E-state index < -0.39 is 6.04 Å². The highest BCUT2D eigenvalue weighted by Crippen LogP contribution is 2.21. The van der Waals surface area contributed by atoms with Crippen molar-refractivity contribution in [3.63, 3.8) is 0 Å². The molecule has 1 unspecified atom stereocenters. The summed E-state index contributed by atoms with van der Waals surface area (Å²) in [5.74, 6) is 0.538. The summed E-state index contributed by atoms with van der Waals surface area (Å²) in [5, 5.41) is 11.8. The molecule has 1 atom stereocenters. The Kier molecular flexibility index (Phi) is 5.05. The molecule has 2 amide bonds. The first-order valence-electron chi connectivity index (χ1n) is 7.83. The molecule has 0 bridgehead atoms. The maximum Gasteiger partial charge on any atom is 0.248 e. The normalized spacial score (nSPS) is 16.0. The molecule has 3 rings (SSSR count). The molecule has 1 N–H and O–H groups in total. The zero-order valence-electron chi connectivity index (χ0n) is 13.3. The summed E-state index contributed by atoms with van der Waals surface area (Å²) in [5.41, 5.74) is 0. The fourth-order valence-electron chi connectivity index (χ4n) is 2.63. The van der Waals surface area contributed by atoms with Crippen molar-refractivity contribution < 1.29 is 14.0 Å². The van der Waals surface area contributed by atoms with Gasteiger partial charge in [0.05, 0.1) is 6.26 Å². The molecule has 2 aromatic heterocycles. The van der Waals surface area contributed by atoms with Crippen LogP contribution in [0.1, 0.15) is 37.0 Å². The molecule has 3 heterocycles. The highest BCUT2D eigenvalue weighted by Gasteiger charge is 2.31. The van der Waals surface area contributed by atoms with Crippen molar-refractivity contribution in [1.29, 1.82) is 0 Å². The van der Waals surface area contributed by atoms with Crippen LogP contribution in [0, 0.1) is 0 Å². The third kappa shape index (κ3) is 3.70. The minimum Gasteiger partial charge on any atom is -0.465 e. The van der Waals surface area contributed by atoms with E-state index >= 15 is 0 Å². The number of furan rings is 1. The second-order valence-electron chi connectivity index (χ2n) is 5.40. The third-order valence-electron chi connectivity index (χ3n) is 3.78. The Hall–Kier alpha value is -2.48. The smallest absolute Gasteiger partial charge is 0.248 e. The van der Waals surface area contributed by atoms with Gasteiger partial charge in [-0.25, -0.2) is 0 Å². The second kappa shape index (κ2) is 7.39. The van der Waals surface area contributed by atoms with Crippen molar-refractivity contribution in [2.45, 2.75) is 32.2 Å². The number of hydrogen-bond donors (Lipinski definition) is 1. The summed E-state index contributed by atoms with van der Waals surface area (Å²) >= 11 is 1.27. The lowest BCUT2D eigenvalue weighted by atomic mass is 10.2. The van der Waals surface area contributed by atoms with Crippen LogP contribution in [0.15, 0.2) is 22.8 Å². The fraction of sp³-hybridized carbons (Fsp3) is 0.375. The second-order valence-corrected chi connectivity index (χ2v) is 6.41. The maximum atomic E-state index is 12.4. The van der Waals surface area contributed by atoms with Gasteiger partial charge in [0, 0.05) is 13.0 Å². The lowest BCUT2D eigenvalue weighted by molar-refractivity contribution is -0.135. The minimum absolute atomic E-state index is 0.0383. The molecule has 0 spiro atoms. The number of aromatic nitrogens is 2. The minimum atomic E-state index is -0.453. The van der Waals surface area contributed by atoms with Gasteiger partial charge in [0.25, 0.3) is 0 Å². The molecule has 1 saturated heterocycles. The Bertz CT molecular complexity index is 738. The third-order valence-corrected chi connectivity index (χ3v) is 4.58. The van der Waals surface area contributed by atoms with Gasteiger partial charge in [-0.1, -0.05) is 18.3 Å². The predicted octanol–water partition coefficient (Wildman–Crippen LogP) is 2.64. The van der Waals surface area contributed by atoms with E-state index in [-0.39, 0.29) is 11.8 Å². The molecule has 2 aromatic rings. The van der Waals surface area contributed by atoms with Gasteiger partial charge in [-0.2, -0.15) is 0 Å². The van der Waals surface area contributed by atoms with E-state index in [9.17, 15) is 9.59 Å². The Morgan fingerprint density at radius 1 is 1.50 bits per heavy atom. The van der Waals surface area contributed by atoms with E-state index in [0.29, 0.717) is 29.5 Å². The summed E-state index contributed by atoms with van der Waals surface area (Å²) < 4.78 is 5.20. The van der Waals surface area contributed by atoms with E-state index in [1.54, 1.807) is 29.4 Å². The average molecular weight is 346 g/mol. The molecule has 0 saturated carbocycles. The first kappa shape index (κ1) is 16.4. The van der Waals surface area contributed by atoms with E-state index in [4.69, 9.17) is 4.42 Å².